The van der Waals surface area contributed by atoms with E-state index in [0.717, 1.165) is 5.92 Å². The number of aryl methyl sites for hydroxylation is 1. The molecule has 1 heteroatoms. The zero-order chi connectivity index (χ0) is 14.6. The Morgan fingerprint density at radius 3 is 2.20 bits per heavy atom. The highest BCUT2D eigenvalue weighted by molar-refractivity contribution is 5.22. The molecule has 0 saturated heterocycles. The molecule has 1 N–H and O–H groups in total. The first-order valence-corrected chi connectivity index (χ1v) is 8.28. The predicted molar refractivity (Wildman–Crippen MR) is 88.1 cm³/mol. The largest absolute Gasteiger partial charge is 0.316 e. The Morgan fingerprint density at radius 1 is 1.10 bits per heavy atom. The van der Waals surface area contributed by atoms with Gasteiger partial charge in [0.1, 0.15) is 0 Å². The van der Waals surface area contributed by atoms with Crippen molar-refractivity contribution in [2.24, 2.45) is 11.3 Å². The van der Waals surface area contributed by atoms with Crippen LogP contribution < -0.4 is 5.32 Å². The average Bonchev–Trinajstić information content (AvgIpc) is 2.86. The Balaban J connectivity index is 2.14. The third-order valence-electron chi connectivity index (χ3n) is 5.06. The quantitative estimate of drug-likeness (QED) is 0.790. The molecule has 0 aliphatic heterocycles. The van der Waals surface area contributed by atoms with E-state index in [1.807, 2.05) is 0 Å². The fourth-order valence-electron chi connectivity index (χ4n) is 4.17. The molecule has 1 fully saturated rings. The number of rotatable bonds is 6. The van der Waals surface area contributed by atoms with Gasteiger partial charge in [-0.1, -0.05) is 56.5 Å². The molecule has 0 aromatic heterocycles. The molecule has 0 radical (unpaired) electrons. The topological polar surface area (TPSA) is 12.0 Å². The van der Waals surface area contributed by atoms with Gasteiger partial charge in [0.25, 0.3) is 0 Å². The van der Waals surface area contributed by atoms with E-state index in [9.17, 15) is 0 Å². The van der Waals surface area contributed by atoms with Crippen molar-refractivity contribution in [3.8, 4) is 0 Å². The fraction of sp³-hybridized carbons (Fsp3) is 0.684. The lowest BCUT2D eigenvalue weighted by molar-refractivity contribution is 0.160. The van der Waals surface area contributed by atoms with Crippen LogP contribution in [0.15, 0.2) is 24.3 Å². The molecule has 1 aliphatic carbocycles. The first-order valence-electron chi connectivity index (χ1n) is 8.28. The van der Waals surface area contributed by atoms with Crippen molar-refractivity contribution in [3.63, 3.8) is 0 Å². The van der Waals surface area contributed by atoms with Crippen LogP contribution in [0.2, 0.25) is 0 Å². The van der Waals surface area contributed by atoms with Crippen LogP contribution in [0, 0.1) is 18.3 Å². The maximum atomic E-state index is 3.65. The smallest absolute Gasteiger partial charge is 0.0161 e. The highest BCUT2D eigenvalue weighted by Gasteiger charge is 2.40. The van der Waals surface area contributed by atoms with Crippen molar-refractivity contribution in [1.82, 2.24) is 5.32 Å². The molecule has 0 amide bonds. The van der Waals surface area contributed by atoms with Crippen molar-refractivity contribution in [3.05, 3.63) is 35.4 Å². The Morgan fingerprint density at radius 2 is 1.70 bits per heavy atom. The number of nitrogens with one attached hydrogen (secondary N) is 1. The summed E-state index contributed by atoms with van der Waals surface area (Å²) in [7, 11) is 2.15. The van der Waals surface area contributed by atoms with Crippen LogP contribution in [0.25, 0.3) is 0 Å². The standard InChI is InChI=1S/C19H31N/c1-15(2)14-19(11-5-6-12-19)18(20-4)13-17-9-7-16(3)8-10-17/h7-10,15,18,20H,5-6,11-14H2,1-4H3. The summed E-state index contributed by atoms with van der Waals surface area (Å²) in [5.41, 5.74) is 3.35. The molecule has 0 heterocycles. The van der Waals surface area contributed by atoms with E-state index in [2.05, 4.69) is 57.4 Å². The SMILES string of the molecule is CNC(Cc1ccc(C)cc1)C1(CC(C)C)CCCC1. The molecule has 1 aliphatic rings. The molecule has 1 unspecified atom stereocenters. The molecule has 0 spiro atoms. The second kappa shape index (κ2) is 6.76. The summed E-state index contributed by atoms with van der Waals surface area (Å²) in [5.74, 6) is 0.793. The van der Waals surface area contributed by atoms with Gasteiger partial charge < -0.3 is 5.32 Å². The number of hydrogen-bond acceptors (Lipinski definition) is 1. The Labute approximate surface area is 125 Å². The molecule has 1 saturated carbocycles. The summed E-state index contributed by atoms with van der Waals surface area (Å²) in [6.45, 7) is 6.91. The number of benzene rings is 1. The van der Waals surface area contributed by atoms with E-state index in [0.29, 0.717) is 11.5 Å². The molecule has 1 nitrogen and oxygen atoms in total. The van der Waals surface area contributed by atoms with Gasteiger partial charge in [-0.2, -0.15) is 0 Å². The van der Waals surface area contributed by atoms with Crippen molar-refractivity contribution in [2.45, 2.75) is 65.3 Å². The lowest BCUT2D eigenvalue weighted by Gasteiger charge is -2.39. The molecular formula is C19H31N. The van der Waals surface area contributed by atoms with Crippen molar-refractivity contribution >= 4 is 0 Å². The van der Waals surface area contributed by atoms with E-state index in [1.165, 1.54) is 49.7 Å². The van der Waals surface area contributed by atoms with Gasteiger partial charge in [0, 0.05) is 6.04 Å². The molecule has 1 atom stereocenters. The second-order valence-electron chi connectivity index (χ2n) is 7.20. The highest BCUT2D eigenvalue weighted by Crippen LogP contribution is 2.46. The molecule has 0 bridgehead atoms. The lowest BCUT2D eigenvalue weighted by atomic mass is 9.71. The first-order chi connectivity index (χ1) is 9.55. The van der Waals surface area contributed by atoms with Crippen LogP contribution in [0.5, 0.6) is 0 Å². The van der Waals surface area contributed by atoms with Gasteiger partial charge in [0.05, 0.1) is 0 Å². The maximum absolute atomic E-state index is 3.65. The molecule has 1 aromatic carbocycles. The lowest BCUT2D eigenvalue weighted by Crippen LogP contribution is -2.44. The van der Waals surface area contributed by atoms with E-state index in [1.54, 1.807) is 0 Å². The minimum absolute atomic E-state index is 0.522. The Bertz CT molecular complexity index is 398. The van der Waals surface area contributed by atoms with Crippen molar-refractivity contribution < 1.29 is 0 Å². The summed E-state index contributed by atoms with van der Waals surface area (Å²) in [6.07, 6.45) is 8.18. The molecule has 20 heavy (non-hydrogen) atoms. The minimum atomic E-state index is 0.522. The summed E-state index contributed by atoms with van der Waals surface area (Å²) < 4.78 is 0. The molecular weight excluding hydrogens is 242 g/mol. The maximum Gasteiger partial charge on any atom is 0.0161 e. The van der Waals surface area contributed by atoms with Gasteiger partial charge in [-0.05, 0) is 56.6 Å². The highest BCUT2D eigenvalue weighted by atomic mass is 14.9. The van der Waals surface area contributed by atoms with Gasteiger partial charge in [0.2, 0.25) is 0 Å². The normalized spacial score (nSPS) is 19.4. The first kappa shape index (κ1) is 15.6. The predicted octanol–water partition coefficient (Wildman–Crippen LogP) is 4.73. The minimum Gasteiger partial charge on any atom is -0.316 e. The van der Waals surface area contributed by atoms with Crippen molar-refractivity contribution in [2.75, 3.05) is 7.05 Å². The van der Waals surface area contributed by atoms with E-state index < -0.39 is 0 Å². The van der Waals surface area contributed by atoms with Gasteiger partial charge in [0.15, 0.2) is 0 Å². The number of likely N-dealkylation sites (N-methyl/N-ethyl adjacent to an activating group) is 1. The van der Waals surface area contributed by atoms with E-state index >= 15 is 0 Å². The zero-order valence-corrected chi connectivity index (χ0v) is 13.7. The molecule has 1 aromatic rings. The summed E-state index contributed by atoms with van der Waals surface area (Å²) in [5, 5.41) is 3.65. The molecule has 112 valence electrons. The summed E-state index contributed by atoms with van der Waals surface area (Å²) >= 11 is 0. The monoisotopic (exact) mass is 273 g/mol. The van der Waals surface area contributed by atoms with Gasteiger partial charge in [-0.25, -0.2) is 0 Å². The van der Waals surface area contributed by atoms with Crippen LogP contribution >= 0.6 is 0 Å². The van der Waals surface area contributed by atoms with Crippen molar-refractivity contribution in [1.29, 1.82) is 0 Å². The van der Waals surface area contributed by atoms with E-state index in [4.69, 9.17) is 0 Å². The second-order valence-corrected chi connectivity index (χ2v) is 7.20. The average molecular weight is 273 g/mol. The molecule has 2 rings (SSSR count). The van der Waals surface area contributed by atoms with Crippen LogP contribution in [-0.2, 0) is 6.42 Å². The Hall–Kier alpha value is -0.820. The summed E-state index contributed by atoms with van der Waals surface area (Å²) in [6, 6.07) is 9.71. The fourth-order valence-corrected chi connectivity index (χ4v) is 4.17. The van der Waals surface area contributed by atoms with Crippen LogP contribution in [0.1, 0.15) is 57.1 Å². The van der Waals surface area contributed by atoms with Gasteiger partial charge in [-0.15, -0.1) is 0 Å². The van der Waals surface area contributed by atoms with Crippen LogP contribution in [0.4, 0.5) is 0 Å². The van der Waals surface area contributed by atoms with Crippen LogP contribution in [0.3, 0.4) is 0 Å². The Kier molecular flexibility index (Phi) is 5.26. The van der Waals surface area contributed by atoms with E-state index in [-0.39, 0.29) is 0 Å². The summed E-state index contributed by atoms with van der Waals surface area (Å²) in [4.78, 5) is 0. The van der Waals surface area contributed by atoms with Gasteiger partial charge >= 0.3 is 0 Å². The third-order valence-corrected chi connectivity index (χ3v) is 5.06. The number of hydrogen-bond donors (Lipinski definition) is 1. The zero-order valence-electron chi connectivity index (χ0n) is 13.7. The third kappa shape index (κ3) is 3.63. The van der Waals surface area contributed by atoms with Gasteiger partial charge in [-0.3, -0.25) is 0 Å². The van der Waals surface area contributed by atoms with Crippen LogP contribution in [-0.4, -0.2) is 13.1 Å².